The van der Waals surface area contributed by atoms with Crippen molar-refractivity contribution in [3.05, 3.63) is 24.0 Å². The summed E-state index contributed by atoms with van der Waals surface area (Å²) in [4.78, 5) is 19.5. The molecule has 1 aromatic heterocycles. The van der Waals surface area contributed by atoms with E-state index in [9.17, 15) is 10.1 Å². The molecular formula is C20H28N4O2. The topological polar surface area (TPSA) is 78.2 Å². The molecule has 2 saturated heterocycles. The molecule has 0 unspecified atom stereocenters. The lowest BCUT2D eigenvalue weighted by molar-refractivity contribution is -0.133. The van der Waals surface area contributed by atoms with Crippen LogP contribution in [0.25, 0.3) is 0 Å². The van der Waals surface area contributed by atoms with Gasteiger partial charge in [-0.2, -0.15) is 5.26 Å². The van der Waals surface area contributed by atoms with Crippen LogP contribution in [0.3, 0.4) is 0 Å². The van der Waals surface area contributed by atoms with E-state index in [1.54, 1.807) is 0 Å². The summed E-state index contributed by atoms with van der Waals surface area (Å²) in [5, 5.41) is 12.8. The molecule has 2 aliphatic rings. The van der Waals surface area contributed by atoms with Crippen LogP contribution in [0.5, 0.6) is 0 Å². The molecule has 2 atom stereocenters. The minimum atomic E-state index is -0.944. The molecule has 3 heterocycles. The Bertz CT molecular complexity index is 691. The predicted molar refractivity (Wildman–Crippen MR) is 99.5 cm³/mol. The summed E-state index contributed by atoms with van der Waals surface area (Å²) in [7, 11) is 0. The molecule has 2 aliphatic heterocycles. The number of aromatic nitrogens is 1. The van der Waals surface area contributed by atoms with Gasteiger partial charge in [-0.1, -0.05) is 13.8 Å². The van der Waals surface area contributed by atoms with Crippen LogP contribution in [0.2, 0.25) is 0 Å². The molecule has 6 heteroatoms. The summed E-state index contributed by atoms with van der Waals surface area (Å²) in [6, 6.07) is 6.41. The Morgan fingerprint density at radius 3 is 2.77 bits per heavy atom. The van der Waals surface area contributed by atoms with Crippen molar-refractivity contribution in [3.8, 4) is 6.07 Å². The highest BCUT2D eigenvalue weighted by molar-refractivity contribution is 5.86. The lowest BCUT2D eigenvalue weighted by Crippen LogP contribution is -2.50. The molecule has 0 aromatic carbocycles. The van der Waals surface area contributed by atoms with Gasteiger partial charge in [0.15, 0.2) is 0 Å². The number of hydrogen-bond donors (Lipinski definition) is 1. The molecule has 1 amide bonds. The van der Waals surface area contributed by atoms with E-state index in [0.29, 0.717) is 37.9 Å². The van der Waals surface area contributed by atoms with Crippen LogP contribution in [-0.4, -0.2) is 43.2 Å². The fourth-order valence-corrected chi connectivity index (χ4v) is 4.01. The maximum Gasteiger partial charge on any atom is 0.240 e. The highest BCUT2D eigenvalue weighted by Crippen LogP contribution is 2.33. The first-order valence-electron chi connectivity index (χ1n) is 9.43. The van der Waals surface area contributed by atoms with Crippen LogP contribution < -0.4 is 10.2 Å². The molecule has 0 aliphatic carbocycles. The third-order valence-electron chi connectivity index (χ3n) is 5.78. The van der Waals surface area contributed by atoms with Gasteiger partial charge in [0.2, 0.25) is 5.91 Å². The number of aryl methyl sites for hydroxylation is 1. The number of ether oxygens (including phenoxy) is 1. The molecule has 0 bridgehead atoms. The van der Waals surface area contributed by atoms with Gasteiger partial charge in [-0.25, -0.2) is 0 Å². The van der Waals surface area contributed by atoms with Gasteiger partial charge < -0.3 is 15.0 Å². The Hall–Kier alpha value is -2.13. The summed E-state index contributed by atoms with van der Waals surface area (Å²) < 4.78 is 5.35. The van der Waals surface area contributed by atoms with E-state index in [2.05, 4.69) is 41.2 Å². The van der Waals surface area contributed by atoms with Gasteiger partial charge in [-0.05, 0) is 37.8 Å². The van der Waals surface area contributed by atoms with Gasteiger partial charge in [-0.3, -0.25) is 9.78 Å². The zero-order chi connectivity index (χ0) is 18.7. The minimum absolute atomic E-state index is 0.0454. The monoisotopic (exact) mass is 356 g/mol. The molecule has 0 spiro atoms. The summed E-state index contributed by atoms with van der Waals surface area (Å²) in [6.45, 7) is 8.98. The Labute approximate surface area is 155 Å². The molecule has 6 nitrogen and oxygen atoms in total. The summed E-state index contributed by atoms with van der Waals surface area (Å²) in [5.41, 5.74) is 1.18. The first kappa shape index (κ1) is 18.7. The highest BCUT2D eigenvalue weighted by Gasteiger charge is 2.44. The SMILES string of the molecule is Cc1cc(N2C[C@H](NC(=O)C3(C#N)CCOCC3)[C@@H](C(C)C)C2)ccn1. The van der Waals surface area contributed by atoms with E-state index in [1.165, 1.54) is 0 Å². The molecule has 1 N–H and O–H groups in total. The van der Waals surface area contributed by atoms with Crippen LogP contribution in [-0.2, 0) is 9.53 Å². The van der Waals surface area contributed by atoms with Crippen LogP contribution in [0, 0.1) is 35.5 Å². The second-order valence-electron chi connectivity index (χ2n) is 7.85. The fraction of sp³-hybridized carbons (Fsp3) is 0.650. The first-order chi connectivity index (χ1) is 12.4. The van der Waals surface area contributed by atoms with Crippen LogP contribution in [0.15, 0.2) is 18.3 Å². The maximum atomic E-state index is 13.0. The number of nitriles is 1. The van der Waals surface area contributed by atoms with Gasteiger partial charge in [0.05, 0.1) is 12.1 Å². The van der Waals surface area contributed by atoms with Gasteiger partial charge in [0.25, 0.3) is 0 Å². The molecule has 2 fully saturated rings. The van der Waals surface area contributed by atoms with E-state index in [1.807, 2.05) is 19.2 Å². The average molecular weight is 356 g/mol. The molecule has 0 saturated carbocycles. The third kappa shape index (κ3) is 3.68. The van der Waals surface area contributed by atoms with Crippen LogP contribution in [0.4, 0.5) is 5.69 Å². The number of carbonyl (C=O) groups excluding carboxylic acids is 1. The summed E-state index contributed by atoms with van der Waals surface area (Å²) >= 11 is 0. The van der Waals surface area contributed by atoms with Crippen LogP contribution in [0.1, 0.15) is 32.4 Å². The lowest BCUT2D eigenvalue weighted by atomic mass is 9.80. The number of amides is 1. The fourth-order valence-electron chi connectivity index (χ4n) is 4.01. The van der Waals surface area contributed by atoms with Crippen molar-refractivity contribution < 1.29 is 9.53 Å². The van der Waals surface area contributed by atoms with Gasteiger partial charge >= 0.3 is 0 Å². The number of hydrogen-bond acceptors (Lipinski definition) is 5. The Morgan fingerprint density at radius 1 is 1.42 bits per heavy atom. The Morgan fingerprint density at radius 2 is 2.15 bits per heavy atom. The molecule has 26 heavy (non-hydrogen) atoms. The van der Waals surface area contributed by atoms with E-state index < -0.39 is 5.41 Å². The molecule has 0 radical (unpaired) electrons. The standard InChI is InChI=1S/C20H28N4O2/c1-14(2)17-11-24(16-4-7-22-15(3)10-16)12-18(17)23-19(25)20(13-21)5-8-26-9-6-20/h4,7,10,14,17-18H,5-6,8-9,11-12H2,1-3H3,(H,23,25)/t17-,18+/m1/s1. The zero-order valence-electron chi connectivity index (χ0n) is 15.9. The first-order valence-corrected chi connectivity index (χ1v) is 9.43. The maximum absolute atomic E-state index is 13.0. The van der Waals surface area contributed by atoms with E-state index in [0.717, 1.165) is 24.5 Å². The van der Waals surface area contributed by atoms with Gasteiger partial charge in [0, 0.05) is 49.8 Å². The van der Waals surface area contributed by atoms with Crippen molar-refractivity contribution in [1.82, 2.24) is 10.3 Å². The number of pyridine rings is 1. The van der Waals surface area contributed by atoms with Crippen molar-refractivity contribution in [2.24, 2.45) is 17.3 Å². The van der Waals surface area contributed by atoms with E-state index in [4.69, 9.17) is 4.74 Å². The lowest BCUT2D eigenvalue weighted by Gasteiger charge is -2.32. The quantitative estimate of drug-likeness (QED) is 0.895. The number of nitrogens with zero attached hydrogens (tertiary/aromatic N) is 3. The van der Waals surface area contributed by atoms with Crippen molar-refractivity contribution >= 4 is 11.6 Å². The smallest absolute Gasteiger partial charge is 0.240 e. The Balaban J connectivity index is 1.75. The third-order valence-corrected chi connectivity index (χ3v) is 5.78. The normalized spacial score (nSPS) is 25.1. The summed E-state index contributed by atoms with van der Waals surface area (Å²) in [6.07, 6.45) is 2.77. The van der Waals surface area contributed by atoms with Crippen molar-refractivity contribution in [3.63, 3.8) is 0 Å². The van der Waals surface area contributed by atoms with Crippen molar-refractivity contribution in [1.29, 1.82) is 5.26 Å². The van der Waals surface area contributed by atoms with Crippen molar-refractivity contribution in [2.75, 3.05) is 31.2 Å². The number of nitrogens with one attached hydrogen (secondary N) is 1. The zero-order valence-corrected chi connectivity index (χ0v) is 15.9. The second-order valence-corrected chi connectivity index (χ2v) is 7.85. The number of anilines is 1. The predicted octanol–water partition coefficient (Wildman–Crippen LogP) is 2.29. The van der Waals surface area contributed by atoms with Crippen LogP contribution >= 0.6 is 0 Å². The molecule has 1 aromatic rings. The van der Waals surface area contributed by atoms with E-state index in [-0.39, 0.29) is 11.9 Å². The molecule has 140 valence electrons. The van der Waals surface area contributed by atoms with Gasteiger partial charge in [-0.15, -0.1) is 0 Å². The largest absolute Gasteiger partial charge is 0.381 e. The van der Waals surface area contributed by atoms with E-state index >= 15 is 0 Å². The Kier molecular flexibility index (Phi) is 5.47. The van der Waals surface area contributed by atoms with Gasteiger partial charge in [0.1, 0.15) is 5.41 Å². The average Bonchev–Trinajstić information content (AvgIpc) is 3.06. The second kappa shape index (κ2) is 7.63. The summed E-state index contributed by atoms with van der Waals surface area (Å²) in [5.74, 6) is 0.663. The number of carbonyl (C=O) groups is 1. The molecular weight excluding hydrogens is 328 g/mol. The minimum Gasteiger partial charge on any atom is -0.381 e. The number of rotatable bonds is 4. The molecule has 3 rings (SSSR count). The highest BCUT2D eigenvalue weighted by atomic mass is 16.5. The van der Waals surface area contributed by atoms with Crippen molar-refractivity contribution in [2.45, 2.75) is 39.7 Å².